The van der Waals surface area contributed by atoms with Crippen molar-refractivity contribution in [1.82, 2.24) is 0 Å². The van der Waals surface area contributed by atoms with Gasteiger partial charge in [0.1, 0.15) is 5.82 Å². The van der Waals surface area contributed by atoms with Gasteiger partial charge in [-0.3, -0.25) is 0 Å². The zero-order valence-corrected chi connectivity index (χ0v) is 11.9. The molecule has 2 aromatic rings. The Morgan fingerprint density at radius 1 is 1.15 bits per heavy atom. The first kappa shape index (κ1) is 15.0. The molecule has 3 N–H and O–H groups in total. The van der Waals surface area contributed by atoms with Crippen LogP contribution in [0.2, 0.25) is 5.02 Å². The number of rotatable bonds is 4. The van der Waals surface area contributed by atoms with Gasteiger partial charge in [0.2, 0.25) is 0 Å². The van der Waals surface area contributed by atoms with Gasteiger partial charge in [-0.15, -0.1) is 0 Å². The highest BCUT2D eigenvalue weighted by molar-refractivity contribution is 6.30. The first-order chi connectivity index (χ1) is 9.51. The summed E-state index contributed by atoms with van der Waals surface area (Å²) in [4.78, 5) is 0. The Labute approximate surface area is 123 Å². The van der Waals surface area contributed by atoms with Crippen molar-refractivity contribution in [2.24, 2.45) is 5.73 Å². The molecule has 0 spiro atoms. The van der Waals surface area contributed by atoms with Crippen LogP contribution in [0.5, 0.6) is 0 Å². The quantitative estimate of drug-likeness (QED) is 0.905. The highest BCUT2D eigenvalue weighted by Gasteiger charge is 2.22. The highest BCUT2D eigenvalue weighted by Crippen LogP contribution is 2.32. The minimum absolute atomic E-state index is 0.262. The number of benzene rings is 2. The van der Waals surface area contributed by atoms with Gasteiger partial charge in [-0.25, -0.2) is 4.39 Å². The van der Waals surface area contributed by atoms with Gasteiger partial charge in [0.25, 0.3) is 0 Å². The van der Waals surface area contributed by atoms with Crippen LogP contribution in [-0.2, 0) is 0 Å². The molecule has 2 nitrogen and oxygen atoms in total. The minimum Gasteiger partial charge on any atom is -0.388 e. The average molecular weight is 294 g/mol. The van der Waals surface area contributed by atoms with E-state index in [1.54, 1.807) is 18.2 Å². The normalized spacial score (nSPS) is 14.1. The lowest BCUT2D eigenvalue weighted by Gasteiger charge is -2.23. The summed E-state index contributed by atoms with van der Waals surface area (Å²) >= 11 is 6.02. The van der Waals surface area contributed by atoms with E-state index in [4.69, 9.17) is 17.3 Å². The van der Waals surface area contributed by atoms with Gasteiger partial charge in [0.15, 0.2) is 0 Å². The number of halogens is 2. The van der Waals surface area contributed by atoms with E-state index < -0.39 is 6.10 Å². The second-order valence-electron chi connectivity index (χ2n) is 4.90. The summed E-state index contributed by atoms with van der Waals surface area (Å²) in [6.07, 6.45) is -0.775. The molecule has 0 aromatic heterocycles. The molecule has 2 atom stereocenters. The summed E-state index contributed by atoms with van der Waals surface area (Å²) in [5, 5.41) is 11.1. The Hall–Kier alpha value is -1.42. The Morgan fingerprint density at radius 3 is 2.35 bits per heavy atom. The largest absolute Gasteiger partial charge is 0.388 e. The Morgan fingerprint density at radius 2 is 1.80 bits per heavy atom. The van der Waals surface area contributed by atoms with E-state index in [0.29, 0.717) is 5.02 Å². The second-order valence-corrected chi connectivity index (χ2v) is 5.34. The van der Waals surface area contributed by atoms with E-state index in [9.17, 15) is 9.50 Å². The van der Waals surface area contributed by atoms with Crippen molar-refractivity contribution >= 4 is 11.6 Å². The lowest BCUT2D eigenvalue weighted by atomic mass is 9.89. The van der Waals surface area contributed by atoms with Crippen LogP contribution in [0, 0.1) is 12.7 Å². The molecule has 0 heterocycles. The summed E-state index contributed by atoms with van der Waals surface area (Å²) in [7, 11) is 0. The number of aliphatic hydroxyl groups excluding tert-OH is 1. The fourth-order valence-corrected chi connectivity index (χ4v) is 2.62. The van der Waals surface area contributed by atoms with Gasteiger partial charge in [-0.2, -0.15) is 0 Å². The zero-order valence-electron chi connectivity index (χ0n) is 11.2. The summed E-state index contributed by atoms with van der Waals surface area (Å²) in [5.74, 6) is -0.605. The van der Waals surface area contributed by atoms with Crippen LogP contribution in [0.3, 0.4) is 0 Å². The molecule has 0 amide bonds. The van der Waals surface area contributed by atoms with Crippen LogP contribution in [-0.4, -0.2) is 11.7 Å². The maximum absolute atomic E-state index is 13.0. The third-order valence-corrected chi connectivity index (χ3v) is 3.56. The molecule has 2 unspecified atom stereocenters. The Balaban J connectivity index is 2.33. The highest BCUT2D eigenvalue weighted by atomic mass is 35.5. The molecule has 0 saturated carbocycles. The predicted molar refractivity (Wildman–Crippen MR) is 79.3 cm³/mol. The molecule has 0 radical (unpaired) electrons. The molecule has 2 aromatic carbocycles. The van der Waals surface area contributed by atoms with Gasteiger partial charge < -0.3 is 10.8 Å². The van der Waals surface area contributed by atoms with E-state index in [0.717, 1.165) is 16.7 Å². The molecule has 0 aliphatic rings. The summed E-state index contributed by atoms with van der Waals surface area (Å²) in [6.45, 7) is 2.18. The summed E-state index contributed by atoms with van der Waals surface area (Å²) < 4.78 is 13.0. The van der Waals surface area contributed by atoms with Crippen molar-refractivity contribution in [1.29, 1.82) is 0 Å². The fourth-order valence-electron chi connectivity index (χ4n) is 2.32. The molecule has 0 aliphatic carbocycles. The second kappa shape index (κ2) is 6.35. The third kappa shape index (κ3) is 3.37. The lowest BCUT2D eigenvalue weighted by Crippen LogP contribution is -2.20. The van der Waals surface area contributed by atoms with Crippen LogP contribution in [0.25, 0.3) is 0 Å². The molecule has 0 fully saturated rings. The number of hydrogen-bond donors (Lipinski definition) is 2. The van der Waals surface area contributed by atoms with Gasteiger partial charge in [-0.05, 0) is 47.9 Å². The third-order valence-electron chi connectivity index (χ3n) is 3.34. The number of hydrogen-bond acceptors (Lipinski definition) is 2. The molecule has 0 saturated heterocycles. The smallest absolute Gasteiger partial charge is 0.123 e. The maximum atomic E-state index is 13.0. The van der Waals surface area contributed by atoms with Crippen molar-refractivity contribution in [3.05, 3.63) is 70.0 Å². The van der Waals surface area contributed by atoms with Crippen molar-refractivity contribution in [3.63, 3.8) is 0 Å². The van der Waals surface area contributed by atoms with Crippen molar-refractivity contribution in [3.8, 4) is 0 Å². The monoisotopic (exact) mass is 293 g/mol. The molecular weight excluding hydrogens is 277 g/mol. The van der Waals surface area contributed by atoms with E-state index in [1.807, 2.05) is 19.1 Å². The SMILES string of the molecule is Cc1cc(Cl)cc(C(O)C(CN)c2ccc(F)cc2)c1. The fraction of sp³-hybridized carbons (Fsp3) is 0.250. The number of aryl methyl sites for hydroxylation is 1. The van der Waals surface area contributed by atoms with Gasteiger partial charge in [-0.1, -0.05) is 29.8 Å². The van der Waals surface area contributed by atoms with Crippen LogP contribution in [0.15, 0.2) is 42.5 Å². The molecule has 0 aliphatic heterocycles. The first-order valence-electron chi connectivity index (χ1n) is 6.42. The van der Waals surface area contributed by atoms with Crippen molar-refractivity contribution in [2.75, 3.05) is 6.54 Å². The number of aliphatic hydroxyl groups is 1. The van der Waals surface area contributed by atoms with Crippen molar-refractivity contribution < 1.29 is 9.50 Å². The van der Waals surface area contributed by atoms with Gasteiger partial charge in [0.05, 0.1) is 6.10 Å². The Kier molecular flexibility index (Phi) is 4.76. The van der Waals surface area contributed by atoms with Crippen LogP contribution in [0.1, 0.15) is 28.7 Å². The van der Waals surface area contributed by atoms with E-state index in [2.05, 4.69) is 0 Å². The topological polar surface area (TPSA) is 46.2 Å². The van der Waals surface area contributed by atoms with Crippen LogP contribution < -0.4 is 5.73 Å². The molecule has 106 valence electrons. The lowest BCUT2D eigenvalue weighted by molar-refractivity contribution is 0.147. The molecule has 20 heavy (non-hydrogen) atoms. The summed E-state index contributed by atoms with van der Waals surface area (Å²) in [6, 6.07) is 11.5. The van der Waals surface area contributed by atoms with Crippen LogP contribution in [0.4, 0.5) is 4.39 Å². The van der Waals surface area contributed by atoms with E-state index in [-0.39, 0.29) is 18.3 Å². The van der Waals surface area contributed by atoms with Gasteiger partial charge in [0, 0.05) is 17.5 Å². The molecule has 2 rings (SSSR count). The molecular formula is C16H17ClFNO. The maximum Gasteiger partial charge on any atom is 0.123 e. The van der Waals surface area contributed by atoms with Crippen molar-refractivity contribution in [2.45, 2.75) is 18.9 Å². The molecule has 0 bridgehead atoms. The number of nitrogens with two attached hydrogens (primary N) is 1. The average Bonchev–Trinajstić information content (AvgIpc) is 2.40. The summed E-state index contributed by atoms with van der Waals surface area (Å²) in [5.41, 5.74) is 8.27. The predicted octanol–water partition coefficient (Wildman–Crippen LogP) is 3.56. The minimum atomic E-state index is -0.775. The first-order valence-corrected chi connectivity index (χ1v) is 6.79. The zero-order chi connectivity index (χ0) is 14.7. The van der Waals surface area contributed by atoms with Gasteiger partial charge >= 0.3 is 0 Å². The standard InChI is InChI=1S/C16H17ClFNO/c1-10-6-12(8-13(17)7-10)16(20)15(9-19)11-2-4-14(18)5-3-11/h2-8,15-16,20H,9,19H2,1H3. The van der Waals surface area contributed by atoms with E-state index >= 15 is 0 Å². The van der Waals surface area contributed by atoms with Crippen LogP contribution >= 0.6 is 11.6 Å². The molecule has 4 heteroatoms. The van der Waals surface area contributed by atoms with E-state index in [1.165, 1.54) is 12.1 Å². The Bertz CT molecular complexity index is 565.